The Labute approximate surface area is 209 Å². The highest BCUT2D eigenvalue weighted by Crippen LogP contribution is 2.28. The van der Waals surface area contributed by atoms with Crippen molar-refractivity contribution in [3.05, 3.63) is 83.9 Å². The molecule has 1 amide bonds. The number of rotatable bonds is 5. The molecule has 0 aliphatic carbocycles. The summed E-state index contributed by atoms with van der Waals surface area (Å²) in [5.74, 6) is 1.04. The van der Waals surface area contributed by atoms with Gasteiger partial charge in [0.15, 0.2) is 5.65 Å². The number of amides is 1. The first-order chi connectivity index (χ1) is 17.2. The van der Waals surface area contributed by atoms with Crippen LogP contribution in [0.25, 0.3) is 16.7 Å². The van der Waals surface area contributed by atoms with Gasteiger partial charge in [0, 0.05) is 29.8 Å². The highest BCUT2D eigenvalue weighted by atomic mass is 16.1. The van der Waals surface area contributed by atoms with Gasteiger partial charge in [-0.1, -0.05) is 45.0 Å². The third-order valence-corrected chi connectivity index (χ3v) is 6.01. The predicted molar refractivity (Wildman–Crippen MR) is 141 cm³/mol. The number of fused-ring (bicyclic) bond motifs is 1. The molecule has 0 aliphatic heterocycles. The maximum absolute atomic E-state index is 13.1. The number of nitrogens with one attached hydrogen (secondary N) is 2. The average Bonchev–Trinajstić information content (AvgIpc) is 3.45. The van der Waals surface area contributed by atoms with Crippen LogP contribution >= 0.6 is 0 Å². The van der Waals surface area contributed by atoms with Crippen LogP contribution in [-0.4, -0.2) is 35.4 Å². The number of aryl methyl sites for hydroxylation is 2. The molecule has 0 aliphatic rings. The Morgan fingerprint density at radius 3 is 2.50 bits per heavy atom. The van der Waals surface area contributed by atoms with Crippen molar-refractivity contribution < 1.29 is 4.79 Å². The average molecular weight is 481 g/mol. The minimum atomic E-state index is -0.216. The van der Waals surface area contributed by atoms with Crippen molar-refractivity contribution in [1.82, 2.24) is 29.5 Å². The molecule has 0 saturated carbocycles. The second-order valence-electron chi connectivity index (χ2n) is 9.75. The zero-order valence-corrected chi connectivity index (χ0v) is 20.9. The fourth-order valence-corrected chi connectivity index (χ4v) is 3.87. The van der Waals surface area contributed by atoms with E-state index in [4.69, 9.17) is 0 Å². The van der Waals surface area contributed by atoms with Crippen LogP contribution < -0.4 is 10.6 Å². The first-order valence-electron chi connectivity index (χ1n) is 11.7. The van der Waals surface area contributed by atoms with Gasteiger partial charge in [-0.25, -0.2) is 14.6 Å². The summed E-state index contributed by atoms with van der Waals surface area (Å²) < 4.78 is 3.46. The highest BCUT2D eigenvalue weighted by molar-refractivity contribution is 6.04. The predicted octanol–water partition coefficient (Wildman–Crippen LogP) is 5.15. The van der Waals surface area contributed by atoms with E-state index in [-0.39, 0.29) is 11.3 Å². The highest BCUT2D eigenvalue weighted by Gasteiger charge is 2.20. The van der Waals surface area contributed by atoms with Crippen molar-refractivity contribution >= 4 is 34.3 Å². The zero-order chi connectivity index (χ0) is 25.4. The fourth-order valence-electron chi connectivity index (χ4n) is 3.87. The minimum Gasteiger partial charge on any atom is -0.339 e. The van der Waals surface area contributed by atoms with Crippen LogP contribution in [0.2, 0.25) is 0 Å². The van der Waals surface area contributed by atoms with E-state index in [0.29, 0.717) is 22.8 Å². The van der Waals surface area contributed by atoms with E-state index in [0.717, 1.165) is 28.0 Å². The maximum Gasteiger partial charge on any atom is 0.256 e. The van der Waals surface area contributed by atoms with Gasteiger partial charge >= 0.3 is 0 Å². The number of benzene rings is 2. The summed E-state index contributed by atoms with van der Waals surface area (Å²) in [6.45, 7) is 8.25. The number of carbonyl (C=O) groups is 1. The lowest BCUT2D eigenvalue weighted by molar-refractivity contribution is 0.102. The number of hydrogen-bond donors (Lipinski definition) is 2. The zero-order valence-electron chi connectivity index (χ0n) is 20.9. The van der Waals surface area contributed by atoms with E-state index in [1.165, 1.54) is 6.33 Å². The fraction of sp³-hybridized carbons (Fsp3) is 0.222. The Kier molecular flexibility index (Phi) is 5.75. The van der Waals surface area contributed by atoms with Gasteiger partial charge < -0.3 is 10.6 Å². The lowest BCUT2D eigenvalue weighted by Crippen LogP contribution is -2.15. The quantitative estimate of drug-likeness (QED) is 0.361. The molecule has 5 rings (SSSR count). The normalized spacial score (nSPS) is 11.6. The van der Waals surface area contributed by atoms with Crippen molar-refractivity contribution in [3.63, 3.8) is 0 Å². The summed E-state index contributed by atoms with van der Waals surface area (Å²) in [4.78, 5) is 22.0. The van der Waals surface area contributed by atoms with Gasteiger partial charge in [0.25, 0.3) is 5.91 Å². The Balaban J connectivity index is 1.42. The molecule has 9 nitrogen and oxygen atoms in total. The molecule has 2 N–H and O–H groups in total. The van der Waals surface area contributed by atoms with E-state index >= 15 is 0 Å². The molecule has 5 aromatic rings. The van der Waals surface area contributed by atoms with Crippen molar-refractivity contribution in [2.24, 2.45) is 7.05 Å². The summed E-state index contributed by atoms with van der Waals surface area (Å²) >= 11 is 0. The molecule has 0 spiro atoms. The SMILES string of the molecule is Cc1ccc(C(=O)Nc2cc(C(C)(C)C)nn2C)cc1Nc1ncnc2c1cnn2-c1ccccc1. The van der Waals surface area contributed by atoms with E-state index in [1.54, 1.807) is 21.6 Å². The van der Waals surface area contributed by atoms with Gasteiger partial charge in [-0.15, -0.1) is 0 Å². The van der Waals surface area contributed by atoms with Crippen LogP contribution in [0.3, 0.4) is 0 Å². The largest absolute Gasteiger partial charge is 0.339 e. The number of para-hydroxylation sites is 1. The third kappa shape index (κ3) is 4.43. The molecule has 0 radical (unpaired) electrons. The molecule has 2 aromatic carbocycles. The van der Waals surface area contributed by atoms with Crippen LogP contribution in [0.5, 0.6) is 0 Å². The number of carbonyl (C=O) groups excluding carboxylic acids is 1. The van der Waals surface area contributed by atoms with Crippen LogP contribution in [0.15, 0.2) is 67.1 Å². The number of nitrogens with zero attached hydrogens (tertiary/aromatic N) is 6. The summed E-state index contributed by atoms with van der Waals surface area (Å²) in [5.41, 5.74) is 4.67. The van der Waals surface area contributed by atoms with Crippen molar-refractivity contribution in [3.8, 4) is 5.69 Å². The molecular weight excluding hydrogens is 452 g/mol. The number of aromatic nitrogens is 6. The molecular formula is C27H28N8O. The minimum absolute atomic E-state index is 0.112. The Morgan fingerprint density at radius 2 is 1.78 bits per heavy atom. The second-order valence-corrected chi connectivity index (χ2v) is 9.75. The summed E-state index contributed by atoms with van der Waals surface area (Å²) in [6.07, 6.45) is 3.25. The Hall–Kier alpha value is -4.53. The van der Waals surface area contributed by atoms with Gasteiger partial charge in [-0.3, -0.25) is 9.48 Å². The number of hydrogen-bond acceptors (Lipinski definition) is 6. The Morgan fingerprint density at radius 1 is 1.00 bits per heavy atom. The third-order valence-electron chi connectivity index (χ3n) is 6.01. The topological polar surface area (TPSA) is 103 Å². The first-order valence-corrected chi connectivity index (χ1v) is 11.7. The molecule has 36 heavy (non-hydrogen) atoms. The summed E-state index contributed by atoms with van der Waals surface area (Å²) in [7, 11) is 1.82. The van der Waals surface area contributed by atoms with E-state index in [2.05, 4.69) is 51.6 Å². The molecule has 3 aromatic heterocycles. The van der Waals surface area contributed by atoms with Crippen molar-refractivity contribution in [2.75, 3.05) is 10.6 Å². The van der Waals surface area contributed by atoms with Crippen molar-refractivity contribution in [2.45, 2.75) is 33.1 Å². The molecule has 0 fully saturated rings. The molecule has 0 saturated heterocycles. The lowest BCUT2D eigenvalue weighted by Gasteiger charge is -2.13. The van der Waals surface area contributed by atoms with Crippen LogP contribution in [0, 0.1) is 6.92 Å². The van der Waals surface area contributed by atoms with E-state index < -0.39 is 0 Å². The lowest BCUT2D eigenvalue weighted by atomic mass is 9.92. The smallest absolute Gasteiger partial charge is 0.256 e. The van der Waals surface area contributed by atoms with E-state index in [1.807, 2.05) is 62.5 Å². The standard InChI is InChI=1S/C27H28N8O/c1-17-11-12-18(26(36)32-23-14-22(27(2,3)4)33-34(23)5)13-21(17)31-24-20-15-30-35(25(20)29-16-28-24)19-9-7-6-8-10-19/h6-16H,1-5H3,(H,32,36)(H,28,29,31). The van der Waals surface area contributed by atoms with Crippen LogP contribution in [-0.2, 0) is 12.5 Å². The number of anilines is 3. The van der Waals surface area contributed by atoms with Gasteiger partial charge in [0.1, 0.15) is 18.0 Å². The van der Waals surface area contributed by atoms with Crippen LogP contribution in [0.1, 0.15) is 42.4 Å². The first kappa shape index (κ1) is 23.2. The van der Waals surface area contributed by atoms with Gasteiger partial charge in [0.2, 0.25) is 0 Å². The molecule has 3 heterocycles. The van der Waals surface area contributed by atoms with Gasteiger partial charge in [-0.05, 0) is 36.8 Å². The molecule has 182 valence electrons. The maximum atomic E-state index is 13.1. The molecule has 0 bridgehead atoms. The van der Waals surface area contributed by atoms with E-state index in [9.17, 15) is 4.79 Å². The molecule has 0 atom stereocenters. The Bertz CT molecular complexity index is 1560. The summed E-state index contributed by atoms with van der Waals surface area (Å²) in [5, 5.41) is 16.2. The monoisotopic (exact) mass is 480 g/mol. The molecule has 9 heteroatoms. The van der Waals surface area contributed by atoms with Crippen molar-refractivity contribution in [1.29, 1.82) is 0 Å². The molecule has 0 unspecified atom stereocenters. The van der Waals surface area contributed by atoms with Crippen LogP contribution in [0.4, 0.5) is 17.3 Å². The second kappa shape index (κ2) is 8.92. The summed E-state index contributed by atoms with van der Waals surface area (Å²) in [6, 6.07) is 17.3. The van der Waals surface area contributed by atoms with Gasteiger partial charge in [-0.2, -0.15) is 10.2 Å². The van der Waals surface area contributed by atoms with Gasteiger partial charge in [0.05, 0.1) is 23.0 Å².